The lowest BCUT2D eigenvalue weighted by Gasteiger charge is -2.13. The van der Waals surface area contributed by atoms with E-state index in [9.17, 15) is 5.11 Å². The van der Waals surface area contributed by atoms with Crippen LogP contribution in [-0.2, 0) is 0 Å². The van der Waals surface area contributed by atoms with Crippen molar-refractivity contribution in [2.24, 2.45) is 5.11 Å². The second-order valence-electron chi connectivity index (χ2n) is 3.06. The number of hydrogen-bond donors (Lipinski definition) is 1. The van der Waals surface area contributed by atoms with E-state index in [0.717, 1.165) is 12.8 Å². The second kappa shape index (κ2) is 7.65. The van der Waals surface area contributed by atoms with Gasteiger partial charge in [0, 0.05) is 11.0 Å². The summed E-state index contributed by atoms with van der Waals surface area (Å²) in [6, 6.07) is -0.0788. The zero-order valence-electron chi connectivity index (χ0n) is 8.06. The number of aliphatic hydroxyl groups excluding tert-OH is 1. The maximum atomic E-state index is 9.42. The van der Waals surface area contributed by atoms with Crippen LogP contribution in [0.15, 0.2) is 17.8 Å². The highest BCUT2D eigenvalue weighted by atomic mass is 16.3. The van der Waals surface area contributed by atoms with Crippen molar-refractivity contribution in [2.45, 2.75) is 44.8 Å². The molecule has 0 aliphatic carbocycles. The Morgan fingerprint density at radius 2 is 2.38 bits per heavy atom. The molecule has 0 unspecified atom stereocenters. The minimum absolute atomic E-state index is 0.0788. The second-order valence-corrected chi connectivity index (χ2v) is 3.06. The maximum Gasteiger partial charge on any atom is 0.0578 e. The van der Waals surface area contributed by atoms with Gasteiger partial charge in [-0.05, 0) is 24.8 Å². The highest BCUT2D eigenvalue weighted by molar-refractivity contribution is 4.77. The monoisotopic (exact) mass is 183 g/mol. The van der Waals surface area contributed by atoms with E-state index in [1.54, 1.807) is 6.08 Å². The van der Waals surface area contributed by atoms with E-state index >= 15 is 0 Å². The lowest BCUT2D eigenvalue weighted by atomic mass is 10.0. The molecule has 0 saturated carbocycles. The SMILES string of the molecule is C=CC[C@@H](O)C[C@H](CCC)N=[N+]=[N-]. The third-order valence-corrected chi connectivity index (χ3v) is 1.82. The predicted molar refractivity (Wildman–Crippen MR) is 53.3 cm³/mol. The fourth-order valence-corrected chi connectivity index (χ4v) is 1.23. The fraction of sp³-hybridized carbons (Fsp3) is 0.778. The highest BCUT2D eigenvalue weighted by Gasteiger charge is 2.10. The van der Waals surface area contributed by atoms with Gasteiger partial charge in [-0.2, -0.15) is 0 Å². The van der Waals surface area contributed by atoms with Gasteiger partial charge in [0.1, 0.15) is 0 Å². The molecule has 0 aromatic carbocycles. The van der Waals surface area contributed by atoms with Crippen molar-refractivity contribution in [3.8, 4) is 0 Å². The van der Waals surface area contributed by atoms with Crippen molar-refractivity contribution in [1.82, 2.24) is 0 Å². The minimum atomic E-state index is -0.431. The van der Waals surface area contributed by atoms with Crippen LogP contribution in [0, 0.1) is 0 Å². The smallest absolute Gasteiger partial charge is 0.0578 e. The van der Waals surface area contributed by atoms with Crippen LogP contribution in [0.2, 0.25) is 0 Å². The molecule has 0 spiro atoms. The molecule has 0 aromatic rings. The third kappa shape index (κ3) is 6.20. The van der Waals surface area contributed by atoms with Crippen LogP contribution in [0.5, 0.6) is 0 Å². The molecule has 4 nitrogen and oxygen atoms in total. The Hall–Kier alpha value is -0.990. The first-order valence-electron chi connectivity index (χ1n) is 4.57. The molecule has 0 aliphatic rings. The Labute approximate surface area is 78.9 Å². The van der Waals surface area contributed by atoms with Crippen molar-refractivity contribution < 1.29 is 5.11 Å². The van der Waals surface area contributed by atoms with Crippen LogP contribution in [0.25, 0.3) is 10.4 Å². The summed E-state index contributed by atoms with van der Waals surface area (Å²) in [5.74, 6) is 0. The minimum Gasteiger partial charge on any atom is -0.393 e. The van der Waals surface area contributed by atoms with E-state index in [1.807, 2.05) is 6.92 Å². The quantitative estimate of drug-likeness (QED) is 0.280. The lowest BCUT2D eigenvalue weighted by molar-refractivity contribution is 0.157. The molecule has 4 heteroatoms. The van der Waals surface area contributed by atoms with Gasteiger partial charge in [-0.25, -0.2) is 0 Å². The Balaban J connectivity index is 3.92. The Bertz CT molecular complexity index is 187. The van der Waals surface area contributed by atoms with Gasteiger partial charge in [0.2, 0.25) is 0 Å². The van der Waals surface area contributed by atoms with Crippen LogP contribution in [0.1, 0.15) is 32.6 Å². The van der Waals surface area contributed by atoms with Crippen LogP contribution < -0.4 is 0 Å². The standard InChI is InChI=1S/C9H17N3O/c1-3-5-8(11-12-10)7-9(13)6-4-2/h4,8-9,13H,2-3,5-7H2,1H3/t8-,9+/m0/s1. The Morgan fingerprint density at radius 1 is 1.69 bits per heavy atom. The summed E-state index contributed by atoms with van der Waals surface area (Å²) in [6.45, 7) is 5.56. The number of hydrogen-bond acceptors (Lipinski definition) is 2. The van der Waals surface area contributed by atoms with Crippen molar-refractivity contribution in [1.29, 1.82) is 0 Å². The molecule has 0 bridgehead atoms. The molecule has 13 heavy (non-hydrogen) atoms. The summed E-state index contributed by atoms with van der Waals surface area (Å²) in [5.41, 5.74) is 8.26. The molecule has 0 heterocycles. The normalized spacial score (nSPS) is 14.3. The Kier molecular flexibility index (Phi) is 7.07. The average Bonchev–Trinajstić information content (AvgIpc) is 2.05. The summed E-state index contributed by atoms with van der Waals surface area (Å²) >= 11 is 0. The van der Waals surface area contributed by atoms with E-state index in [2.05, 4.69) is 16.6 Å². The predicted octanol–water partition coefficient (Wildman–Crippen LogP) is 2.79. The van der Waals surface area contributed by atoms with Gasteiger partial charge in [0.25, 0.3) is 0 Å². The molecule has 0 amide bonds. The number of rotatable bonds is 7. The van der Waals surface area contributed by atoms with Crippen molar-refractivity contribution in [3.05, 3.63) is 23.1 Å². The van der Waals surface area contributed by atoms with Crippen LogP contribution in [0.3, 0.4) is 0 Å². The molecule has 1 N–H and O–H groups in total. The molecular weight excluding hydrogens is 166 g/mol. The zero-order chi connectivity index (χ0) is 10.1. The zero-order valence-corrected chi connectivity index (χ0v) is 8.06. The van der Waals surface area contributed by atoms with Crippen LogP contribution in [-0.4, -0.2) is 17.3 Å². The van der Waals surface area contributed by atoms with E-state index in [0.29, 0.717) is 12.8 Å². The molecule has 0 rings (SSSR count). The fourth-order valence-electron chi connectivity index (χ4n) is 1.23. The molecule has 74 valence electrons. The van der Waals surface area contributed by atoms with Crippen LogP contribution in [0.4, 0.5) is 0 Å². The van der Waals surface area contributed by atoms with Crippen molar-refractivity contribution >= 4 is 0 Å². The lowest BCUT2D eigenvalue weighted by Crippen LogP contribution is -2.15. The van der Waals surface area contributed by atoms with E-state index in [1.165, 1.54) is 0 Å². The molecule has 0 aromatic heterocycles. The number of aliphatic hydroxyl groups is 1. The van der Waals surface area contributed by atoms with Gasteiger partial charge in [-0.1, -0.05) is 24.5 Å². The summed E-state index contributed by atoms with van der Waals surface area (Å²) < 4.78 is 0. The van der Waals surface area contributed by atoms with Crippen molar-refractivity contribution in [2.75, 3.05) is 0 Å². The Morgan fingerprint density at radius 3 is 2.85 bits per heavy atom. The van der Waals surface area contributed by atoms with Gasteiger partial charge in [-0.15, -0.1) is 6.58 Å². The highest BCUT2D eigenvalue weighted by Crippen LogP contribution is 2.11. The first-order chi connectivity index (χ1) is 6.24. The topological polar surface area (TPSA) is 69.0 Å². The largest absolute Gasteiger partial charge is 0.393 e. The van der Waals surface area contributed by atoms with E-state index in [4.69, 9.17) is 5.53 Å². The summed E-state index contributed by atoms with van der Waals surface area (Å²) in [4.78, 5) is 2.76. The molecule has 0 fully saturated rings. The van der Waals surface area contributed by atoms with E-state index in [-0.39, 0.29) is 6.04 Å². The first-order valence-corrected chi connectivity index (χ1v) is 4.57. The summed E-state index contributed by atoms with van der Waals surface area (Å²) in [7, 11) is 0. The first kappa shape index (κ1) is 12.0. The molecule has 0 saturated heterocycles. The van der Waals surface area contributed by atoms with Crippen LogP contribution >= 0.6 is 0 Å². The summed E-state index contributed by atoms with van der Waals surface area (Å²) in [6.07, 6.45) is 4.12. The van der Waals surface area contributed by atoms with E-state index < -0.39 is 6.10 Å². The van der Waals surface area contributed by atoms with Gasteiger partial charge < -0.3 is 5.11 Å². The van der Waals surface area contributed by atoms with Gasteiger partial charge >= 0.3 is 0 Å². The van der Waals surface area contributed by atoms with Gasteiger partial charge in [0.15, 0.2) is 0 Å². The summed E-state index contributed by atoms with van der Waals surface area (Å²) in [5, 5.41) is 13.0. The van der Waals surface area contributed by atoms with Gasteiger partial charge in [-0.3, -0.25) is 0 Å². The van der Waals surface area contributed by atoms with Gasteiger partial charge in [0.05, 0.1) is 6.10 Å². The van der Waals surface area contributed by atoms with Crippen molar-refractivity contribution in [3.63, 3.8) is 0 Å². The maximum absolute atomic E-state index is 9.42. The average molecular weight is 183 g/mol. The number of nitrogens with zero attached hydrogens (tertiary/aromatic N) is 3. The third-order valence-electron chi connectivity index (χ3n) is 1.82. The molecule has 2 atom stereocenters. The molecular formula is C9H17N3O. The molecule has 0 radical (unpaired) electrons. The number of azide groups is 1. The molecule has 0 aliphatic heterocycles.